The van der Waals surface area contributed by atoms with Crippen molar-refractivity contribution in [1.29, 1.82) is 0 Å². The van der Waals surface area contributed by atoms with E-state index in [4.69, 9.17) is 0 Å². The highest BCUT2D eigenvalue weighted by Gasteiger charge is 2.19. The summed E-state index contributed by atoms with van der Waals surface area (Å²) in [5.74, 6) is 0.0910. The Morgan fingerprint density at radius 2 is 1.92 bits per heavy atom. The summed E-state index contributed by atoms with van der Waals surface area (Å²) in [5.41, 5.74) is 0.598. The van der Waals surface area contributed by atoms with Gasteiger partial charge in [0, 0.05) is 6.42 Å². The Labute approximate surface area is 75.4 Å². The molecule has 0 unspecified atom stereocenters. The van der Waals surface area contributed by atoms with Gasteiger partial charge in [0.15, 0.2) is 5.78 Å². The van der Waals surface area contributed by atoms with E-state index in [2.05, 4.69) is 6.58 Å². The number of carbonyl (C=O) groups excluding carboxylic acids is 1. The van der Waals surface area contributed by atoms with Gasteiger partial charge in [-0.25, -0.2) is 0 Å². The summed E-state index contributed by atoms with van der Waals surface area (Å²) in [6.45, 7) is 8.82. The molecule has 0 aromatic heterocycles. The SMILES string of the molecule is C=C(C)C(=O)CCC[Si](C)(C)[O]. The maximum absolute atomic E-state index is 11.3. The first-order chi connectivity index (χ1) is 5.33. The summed E-state index contributed by atoms with van der Waals surface area (Å²) in [6, 6.07) is 0.687. The second kappa shape index (κ2) is 4.57. The number of hydrogen-bond donors (Lipinski definition) is 0. The summed E-state index contributed by atoms with van der Waals surface area (Å²) in [5, 5.41) is 0. The lowest BCUT2D eigenvalue weighted by molar-refractivity contribution is -0.115. The monoisotopic (exact) mass is 185 g/mol. The van der Waals surface area contributed by atoms with Crippen LogP contribution < -0.4 is 0 Å². The zero-order valence-corrected chi connectivity index (χ0v) is 9.14. The Kier molecular flexibility index (Phi) is 4.42. The van der Waals surface area contributed by atoms with Crippen LogP contribution in [0, 0.1) is 0 Å². The maximum Gasteiger partial charge on any atom is 0.231 e. The molecule has 0 saturated carbocycles. The molecular formula is C9H17O2Si. The molecule has 12 heavy (non-hydrogen) atoms. The van der Waals surface area contributed by atoms with E-state index in [0.29, 0.717) is 18.0 Å². The van der Waals surface area contributed by atoms with Crippen LogP contribution in [0.15, 0.2) is 12.2 Å². The molecule has 0 aromatic carbocycles. The number of carbonyl (C=O) groups is 1. The molecule has 1 radical (unpaired) electrons. The minimum atomic E-state index is -2.19. The van der Waals surface area contributed by atoms with Gasteiger partial charge in [-0.15, -0.1) is 0 Å². The van der Waals surface area contributed by atoms with E-state index >= 15 is 0 Å². The molecule has 0 aliphatic heterocycles. The lowest BCUT2D eigenvalue weighted by Crippen LogP contribution is -2.22. The third-order valence-corrected chi connectivity index (χ3v) is 3.22. The number of ketones is 1. The number of rotatable bonds is 5. The van der Waals surface area contributed by atoms with Crippen molar-refractivity contribution in [3.05, 3.63) is 12.2 Å². The fourth-order valence-corrected chi connectivity index (χ4v) is 1.92. The Morgan fingerprint density at radius 1 is 1.42 bits per heavy atom. The lowest BCUT2D eigenvalue weighted by atomic mass is 10.1. The van der Waals surface area contributed by atoms with Crippen molar-refractivity contribution in [2.45, 2.75) is 38.9 Å². The zero-order valence-electron chi connectivity index (χ0n) is 8.14. The molecule has 0 aromatic rings. The van der Waals surface area contributed by atoms with E-state index < -0.39 is 8.32 Å². The van der Waals surface area contributed by atoms with E-state index in [-0.39, 0.29) is 5.78 Å². The van der Waals surface area contributed by atoms with Crippen LogP contribution in [0.1, 0.15) is 19.8 Å². The molecule has 0 aliphatic carbocycles. The molecule has 69 valence electrons. The van der Waals surface area contributed by atoms with Gasteiger partial charge in [-0.1, -0.05) is 6.58 Å². The summed E-state index contributed by atoms with van der Waals surface area (Å²) < 4.78 is 0. The largest absolute Gasteiger partial charge is 0.298 e. The van der Waals surface area contributed by atoms with Crippen molar-refractivity contribution in [2.24, 2.45) is 0 Å². The summed E-state index contributed by atoms with van der Waals surface area (Å²) in [4.78, 5) is 22.3. The average molecular weight is 185 g/mol. The molecule has 0 bridgehead atoms. The first-order valence-corrected chi connectivity index (χ1v) is 7.33. The van der Waals surface area contributed by atoms with E-state index in [9.17, 15) is 9.59 Å². The third kappa shape index (κ3) is 6.31. The van der Waals surface area contributed by atoms with Crippen molar-refractivity contribution in [3.8, 4) is 0 Å². The van der Waals surface area contributed by atoms with Gasteiger partial charge in [-0.05, 0) is 38.1 Å². The average Bonchev–Trinajstić information content (AvgIpc) is 1.84. The molecule has 0 amide bonds. The molecular weight excluding hydrogens is 168 g/mol. The van der Waals surface area contributed by atoms with Crippen LogP contribution in [-0.4, -0.2) is 14.1 Å². The van der Waals surface area contributed by atoms with Gasteiger partial charge in [0.25, 0.3) is 0 Å². The van der Waals surface area contributed by atoms with Gasteiger partial charge in [-0.2, -0.15) is 0 Å². The predicted molar refractivity (Wildman–Crippen MR) is 52.0 cm³/mol. The van der Waals surface area contributed by atoms with Gasteiger partial charge in [-0.3, -0.25) is 9.59 Å². The minimum absolute atomic E-state index is 0.0910. The molecule has 0 heterocycles. The Balaban J connectivity index is 3.58. The van der Waals surface area contributed by atoms with Crippen molar-refractivity contribution in [1.82, 2.24) is 0 Å². The van der Waals surface area contributed by atoms with Crippen LogP contribution >= 0.6 is 0 Å². The molecule has 0 atom stereocenters. The number of allylic oxidation sites excluding steroid dienone is 1. The second-order valence-electron chi connectivity index (χ2n) is 3.82. The first-order valence-electron chi connectivity index (χ1n) is 4.22. The fourth-order valence-electron chi connectivity index (χ4n) is 0.888. The van der Waals surface area contributed by atoms with Crippen LogP contribution in [0.25, 0.3) is 0 Å². The standard InChI is InChI=1S/C9H17O2Si/c1-8(2)9(10)6-5-7-12(3,4)11/h1,5-7H2,2-4H3. The molecule has 0 fully saturated rings. The summed E-state index contributed by atoms with van der Waals surface area (Å²) in [6.07, 6.45) is 1.22. The van der Waals surface area contributed by atoms with Crippen LogP contribution in [0.2, 0.25) is 19.1 Å². The number of hydrogen-bond acceptors (Lipinski definition) is 1. The highest BCUT2D eigenvalue weighted by molar-refractivity contribution is 6.69. The number of Topliss-reactive ketones (excluding diaryl/α,β-unsaturated/α-hetero) is 1. The minimum Gasteiger partial charge on any atom is -0.298 e. The topological polar surface area (TPSA) is 37.0 Å². The normalized spacial score (nSPS) is 11.3. The smallest absolute Gasteiger partial charge is 0.231 e. The predicted octanol–water partition coefficient (Wildman–Crippen LogP) is 2.55. The molecule has 0 rings (SSSR count). The molecule has 0 N–H and O–H groups in total. The highest BCUT2D eigenvalue weighted by Crippen LogP contribution is 2.12. The Hall–Kier alpha value is -0.413. The molecule has 0 saturated heterocycles. The fraction of sp³-hybridized carbons (Fsp3) is 0.667. The van der Waals surface area contributed by atoms with Crippen molar-refractivity contribution in [2.75, 3.05) is 0 Å². The second-order valence-corrected chi connectivity index (χ2v) is 7.84. The highest BCUT2D eigenvalue weighted by atomic mass is 28.4. The summed E-state index contributed by atoms with van der Waals surface area (Å²) in [7, 11) is -2.19. The summed E-state index contributed by atoms with van der Waals surface area (Å²) >= 11 is 0. The quantitative estimate of drug-likeness (QED) is 0.479. The Bertz CT molecular complexity index is 179. The Morgan fingerprint density at radius 3 is 2.25 bits per heavy atom. The van der Waals surface area contributed by atoms with Gasteiger partial charge >= 0.3 is 0 Å². The van der Waals surface area contributed by atoms with E-state index in [0.717, 1.165) is 6.42 Å². The molecule has 3 heteroatoms. The van der Waals surface area contributed by atoms with E-state index in [1.807, 2.05) is 0 Å². The van der Waals surface area contributed by atoms with Crippen molar-refractivity contribution < 1.29 is 9.59 Å². The molecule has 2 nitrogen and oxygen atoms in total. The van der Waals surface area contributed by atoms with Crippen LogP contribution in [-0.2, 0) is 9.59 Å². The van der Waals surface area contributed by atoms with Crippen LogP contribution in [0.5, 0.6) is 0 Å². The van der Waals surface area contributed by atoms with Gasteiger partial charge in [0.1, 0.15) is 0 Å². The molecule has 0 aliphatic rings. The van der Waals surface area contributed by atoms with Crippen molar-refractivity contribution in [3.63, 3.8) is 0 Å². The van der Waals surface area contributed by atoms with E-state index in [1.54, 1.807) is 20.0 Å². The van der Waals surface area contributed by atoms with Crippen molar-refractivity contribution >= 4 is 14.1 Å². The van der Waals surface area contributed by atoms with Gasteiger partial charge in [0.2, 0.25) is 8.32 Å². The maximum atomic E-state index is 11.3. The van der Waals surface area contributed by atoms with Crippen LogP contribution in [0.4, 0.5) is 0 Å². The molecule has 0 spiro atoms. The van der Waals surface area contributed by atoms with Crippen LogP contribution in [0.3, 0.4) is 0 Å². The first kappa shape index (κ1) is 11.6. The third-order valence-electron chi connectivity index (χ3n) is 1.66. The lowest BCUT2D eigenvalue weighted by Gasteiger charge is -2.09. The van der Waals surface area contributed by atoms with Gasteiger partial charge in [0.05, 0.1) is 0 Å². The van der Waals surface area contributed by atoms with E-state index in [1.165, 1.54) is 0 Å². The zero-order chi connectivity index (χ0) is 9.78. The van der Waals surface area contributed by atoms with Gasteiger partial charge < -0.3 is 0 Å².